The molecule has 0 aliphatic heterocycles. The maximum absolute atomic E-state index is 14.2. The normalized spacial score (nSPS) is 10.4. The molecule has 138 valence electrons. The summed E-state index contributed by atoms with van der Waals surface area (Å²) >= 11 is 0. The number of carbonyl (C=O) groups is 1. The predicted octanol–water partition coefficient (Wildman–Crippen LogP) is 4.74. The number of methoxy groups -OCH3 is 1. The molecule has 0 aliphatic carbocycles. The molecular weight excluding hydrogens is 345 g/mol. The lowest BCUT2D eigenvalue weighted by Gasteiger charge is -2.26. The lowest BCUT2D eigenvalue weighted by Crippen LogP contribution is -2.23. The van der Waals surface area contributed by atoms with Crippen LogP contribution < -0.4 is 9.64 Å². The van der Waals surface area contributed by atoms with Gasteiger partial charge >= 0.3 is 5.97 Å². The second-order valence-electron chi connectivity index (χ2n) is 6.15. The van der Waals surface area contributed by atoms with Crippen molar-refractivity contribution in [3.05, 3.63) is 95.3 Å². The molecule has 0 aliphatic rings. The van der Waals surface area contributed by atoms with Gasteiger partial charge < -0.3 is 14.7 Å². The maximum Gasteiger partial charge on any atom is 0.335 e. The molecule has 3 aromatic carbocycles. The SMILES string of the molecule is COc1cccc(CN(Cc2ccccc2F)c2cccc(C(=O)O)c2)c1. The average molecular weight is 365 g/mol. The number of anilines is 1. The predicted molar refractivity (Wildman–Crippen MR) is 103 cm³/mol. The number of carboxylic acid groups (broad SMARTS) is 1. The number of hydrogen-bond donors (Lipinski definition) is 1. The number of nitrogens with zero attached hydrogens (tertiary/aromatic N) is 1. The van der Waals surface area contributed by atoms with E-state index in [1.807, 2.05) is 35.2 Å². The standard InChI is InChI=1S/C22H20FNO3/c1-27-20-10-4-6-16(12-20)14-24(15-18-7-2-3-11-21(18)23)19-9-5-8-17(13-19)22(25)26/h2-13H,14-15H2,1H3,(H,25,26). The molecule has 0 unspecified atom stereocenters. The van der Waals surface area contributed by atoms with Crippen LogP contribution in [0.5, 0.6) is 5.75 Å². The van der Waals surface area contributed by atoms with Crippen LogP contribution in [0.15, 0.2) is 72.8 Å². The van der Waals surface area contributed by atoms with Gasteiger partial charge in [-0.3, -0.25) is 0 Å². The fraction of sp³-hybridized carbons (Fsp3) is 0.136. The topological polar surface area (TPSA) is 49.8 Å². The fourth-order valence-corrected chi connectivity index (χ4v) is 2.90. The smallest absolute Gasteiger partial charge is 0.335 e. The summed E-state index contributed by atoms with van der Waals surface area (Å²) in [5, 5.41) is 9.29. The zero-order valence-corrected chi connectivity index (χ0v) is 14.9. The third-order valence-corrected chi connectivity index (χ3v) is 4.28. The highest BCUT2D eigenvalue weighted by Gasteiger charge is 2.13. The molecule has 1 N–H and O–H groups in total. The zero-order chi connectivity index (χ0) is 19.2. The summed E-state index contributed by atoms with van der Waals surface area (Å²) in [6.07, 6.45) is 0. The molecule has 0 saturated carbocycles. The number of ether oxygens (including phenoxy) is 1. The van der Waals surface area contributed by atoms with Crippen LogP contribution in [0.2, 0.25) is 0 Å². The second-order valence-corrected chi connectivity index (χ2v) is 6.15. The Bertz CT molecular complexity index is 942. The van der Waals surface area contributed by atoms with Crippen molar-refractivity contribution >= 4 is 11.7 Å². The van der Waals surface area contributed by atoms with Crippen molar-refractivity contribution < 1.29 is 19.0 Å². The van der Waals surface area contributed by atoms with E-state index < -0.39 is 5.97 Å². The molecule has 0 amide bonds. The molecule has 0 aromatic heterocycles. The Balaban J connectivity index is 1.96. The van der Waals surface area contributed by atoms with E-state index in [2.05, 4.69) is 0 Å². The lowest BCUT2D eigenvalue weighted by atomic mass is 10.1. The van der Waals surface area contributed by atoms with Crippen molar-refractivity contribution in [2.45, 2.75) is 13.1 Å². The van der Waals surface area contributed by atoms with E-state index in [0.29, 0.717) is 24.3 Å². The Morgan fingerprint density at radius 3 is 2.52 bits per heavy atom. The Labute approximate surface area is 157 Å². The maximum atomic E-state index is 14.2. The Hall–Kier alpha value is -3.34. The summed E-state index contributed by atoms with van der Waals surface area (Å²) in [4.78, 5) is 13.3. The second kappa shape index (κ2) is 8.36. The first kappa shape index (κ1) is 18.5. The molecule has 3 rings (SSSR count). The van der Waals surface area contributed by atoms with Crippen LogP contribution >= 0.6 is 0 Å². The zero-order valence-electron chi connectivity index (χ0n) is 14.9. The van der Waals surface area contributed by atoms with Crippen molar-refractivity contribution in [2.75, 3.05) is 12.0 Å². The van der Waals surface area contributed by atoms with Gasteiger partial charge in [-0.05, 0) is 42.0 Å². The van der Waals surface area contributed by atoms with Crippen LogP contribution in [0.1, 0.15) is 21.5 Å². The third-order valence-electron chi connectivity index (χ3n) is 4.28. The van der Waals surface area contributed by atoms with E-state index in [0.717, 1.165) is 11.3 Å². The number of hydrogen-bond acceptors (Lipinski definition) is 3. The van der Waals surface area contributed by atoms with Crippen molar-refractivity contribution in [3.63, 3.8) is 0 Å². The first-order valence-corrected chi connectivity index (χ1v) is 8.51. The fourth-order valence-electron chi connectivity index (χ4n) is 2.90. The number of aromatic carboxylic acids is 1. The highest BCUT2D eigenvalue weighted by molar-refractivity contribution is 5.88. The van der Waals surface area contributed by atoms with Gasteiger partial charge in [0.25, 0.3) is 0 Å². The van der Waals surface area contributed by atoms with Crippen LogP contribution in [0.3, 0.4) is 0 Å². The van der Waals surface area contributed by atoms with Crippen LogP contribution in [0.4, 0.5) is 10.1 Å². The summed E-state index contributed by atoms with van der Waals surface area (Å²) in [5.41, 5.74) is 2.42. The van der Waals surface area contributed by atoms with Crippen LogP contribution in [0.25, 0.3) is 0 Å². The van der Waals surface area contributed by atoms with Gasteiger partial charge in [0, 0.05) is 24.3 Å². The minimum absolute atomic E-state index is 0.191. The van der Waals surface area contributed by atoms with Gasteiger partial charge in [-0.15, -0.1) is 0 Å². The Morgan fingerprint density at radius 2 is 1.78 bits per heavy atom. The molecule has 4 nitrogen and oxygen atoms in total. The Kier molecular flexibility index (Phi) is 5.71. The Morgan fingerprint density at radius 1 is 1.00 bits per heavy atom. The van der Waals surface area contributed by atoms with E-state index in [1.165, 1.54) is 6.07 Å². The molecule has 5 heteroatoms. The molecule has 0 heterocycles. The van der Waals surface area contributed by atoms with Crippen molar-refractivity contribution in [3.8, 4) is 5.75 Å². The van der Waals surface area contributed by atoms with Gasteiger partial charge in [0.05, 0.1) is 12.7 Å². The molecule has 0 atom stereocenters. The number of halogens is 1. The molecule has 0 bridgehead atoms. The third kappa shape index (κ3) is 4.64. The van der Waals surface area contributed by atoms with E-state index in [9.17, 15) is 14.3 Å². The van der Waals surface area contributed by atoms with Gasteiger partial charge in [-0.2, -0.15) is 0 Å². The van der Waals surface area contributed by atoms with Gasteiger partial charge in [0.1, 0.15) is 11.6 Å². The monoisotopic (exact) mass is 365 g/mol. The number of rotatable bonds is 7. The highest BCUT2D eigenvalue weighted by Crippen LogP contribution is 2.24. The van der Waals surface area contributed by atoms with Crippen LogP contribution in [-0.4, -0.2) is 18.2 Å². The molecule has 0 fully saturated rings. The first-order valence-electron chi connectivity index (χ1n) is 8.51. The van der Waals surface area contributed by atoms with Crippen molar-refractivity contribution in [1.82, 2.24) is 0 Å². The molecule has 0 radical (unpaired) electrons. The average Bonchev–Trinajstić information content (AvgIpc) is 2.69. The minimum Gasteiger partial charge on any atom is -0.497 e. The van der Waals surface area contributed by atoms with Crippen molar-refractivity contribution in [1.29, 1.82) is 0 Å². The van der Waals surface area contributed by atoms with Crippen molar-refractivity contribution in [2.24, 2.45) is 0 Å². The van der Waals surface area contributed by atoms with Gasteiger partial charge in [-0.1, -0.05) is 36.4 Å². The number of benzene rings is 3. The van der Waals surface area contributed by atoms with E-state index >= 15 is 0 Å². The lowest BCUT2D eigenvalue weighted by molar-refractivity contribution is 0.0697. The van der Waals surface area contributed by atoms with Crippen LogP contribution in [-0.2, 0) is 13.1 Å². The van der Waals surface area contributed by atoms with Crippen LogP contribution in [0, 0.1) is 5.82 Å². The highest BCUT2D eigenvalue weighted by atomic mass is 19.1. The summed E-state index contributed by atoms with van der Waals surface area (Å²) in [6.45, 7) is 0.793. The van der Waals surface area contributed by atoms with Gasteiger partial charge in [-0.25, -0.2) is 9.18 Å². The summed E-state index contributed by atoms with van der Waals surface area (Å²) in [7, 11) is 1.60. The number of carboxylic acids is 1. The molecule has 27 heavy (non-hydrogen) atoms. The minimum atomic E-state index is -0.996. The summed E-state index contributed by atoms with van der Waals surface area (Å²) < 4.78 is 19.5. The first-order chi connectivity index (χ1) is 13.1. The molecule has 3 aromatic rings. The van der Waals surface area contributed by atoms with E-state index in [4.69, 9.17) is 4.74 Å². The molecule has 0 saturated heterocycles. The molecular formula is C22H20FNO3. The van der Waals surface area contributed by atoms with E-state index in [-0.39, 0.29) is 11.4 Å². The molecule has 0 spiro atoms. The van der Waals surface area contributed by atoms with Gasteiger partial charge in [0.15, 0.2) is 0 Å². The summed E-state index contributed by atoms with van der Waals surface area (Å²) in [5.74, 6) is -0.552. The quantitative estimate of drug-likeness (QED) is 0.657. The summed E-state index contributed by atoms with van der Waals surface area (Å²) in [6, 6.07) is 20.9. The largest absolute Gasteiger partial charge is 0.497 e. The van der Waals surface area contributed by atoms with E-state index in [1.54, 1.807) is 43.5 Å². The van der Waals surface area contributed by atoms with Gasteiger partial charge in [0.2, 0.25) is 0 Å².